The summed E-state index contributed by atoms with van der Waals surface area (Å²) in [6, 6.07) is -0.261. The van der Waals surface area contributed by atoms with E-state index in [1.807, 2.05) is 0 Å². The molecule has 2 fully saturated rings. The van der Waals surface area contributed by atoms with Crippen LogP contribution in [0.3, 0.4) is 0 Å². The molecule has 0 saturated carbocycles. The molecule has 2 unspecified atom stereocenters. The summed E-state index contributed by atoms with van der Waals surface area (Å²) in [6.45, 7) is 0.770. The van der Waals surface area contributed by atoms with Crippen molar-refractivity contribution in [2.75, 3.05) is 37.7 Å². The molecule has 0 aromatic rings. The highest BCUT2D eigenvalue weighted by Gasteiger charge is 2.42. The van der Waals surface area contributed by atoms with Gasteiger partial charge in [-0.3, -0.25) is 4.90 Å². The molecule has 4 nitrogen and oxygen atoms in total. The minimum absolute atomic E-state index is 0.00240. The van der Waals surface area contributed by atoms with Crippen LogP contribution in [-0.4, -0.2) is 63.2 Å². The molecule has 0 amide bonds. The van der Waals surface area contributed by atoms with E-state index in [1.165, 1.54) is 0 Å². The van der Waals surface area contributed by atoms with Gasteiger partial charge < -0.3 is 5.32 Å². The third-order valence-corrected chi connectivity index (χ3v) is 5.64. The lowest BCUT2D eigenvalue weighted by Gasteiger charge is -2.34. The maximum Gasteiger partial charge on any atom is 0.394 e. The SMILES string of the molecule is O=S1(=O)CCCC(N2CCNCC(C(F)(F)F)C2)C1. The van der Waals surface area contributed by atoms with Crippen molar-refractivity contribution in [2.45, 2.75) is 25.1 Å². The second-order valence-corrected chi connectivity index (χ2v) is 7.58. The van der Waals surface area contributed by atoms with Crippen molar-refractivity contribution in [3.05, 3.63) is 0 Å². The molecule has 2 saturated heterocycles. The van der Waals surface area contributed by atoms with E-state index < -0.39 is 21.9 Å². The topological polar surface area (TPSA) is 49.4 Å². The summed E-state index contributed by atoms with van der Waals surface area (Å²) in [6.07, 6.45) is -3.01. The Morgan fingerprint density at radius 3 is 2.63 bits per heavy atom. The number of hydrogen-bond donors (Lipinski definition) is 1. The van der Waals surface area contributed by atoms with E-state index in [-0.39, 0.29) is 30.6 Å². The van der Waals surface area contributed by atoms with Gasteiger partial charge in [-0.25, -0.2) is 8.42 Å². The van der Waals surface area contributed by atoms with Crippen molar-refractivity contribution < 1.29 is 21.6 Å². The standard InChI is InChI=1S/C11H19F3N2O2S/c12-11(13,14)9-6-15-3-4-16(7-9)10-2-1-5-19(17,18)8-10/h9-10,15H,1-8H2. The first-order valence-electron chi connectivity index (χ1n) is 6.50. The number of hydrogen-bond acceptors (Lipinski definition) is 4. The van der Waals surface area contributed by atoms with Crippen LogP contribution in [0.4, 0.5) is 13.2 Å². The molecule has 0 aromatic heterocycles. The highest BCUT2D eigenvalue weighted by molar-refractivity contribution is 7.91. The second-order valence-electron chi connectivity index (χ2n) is 5.35. The summed E-state index contributed by atoms with van der Waals surface area (Å²) in [4.78, 5) is 1.70. The third-order valence-electron chi connectivity index (χ3n) is 3.84. The monoisotopic (exact) mass is 300 g/mol. The third kappa shape index (κ3) is 4.06. The molecule has 2 atom stereocenters. The van der Waals surface area contributed by atoms with Gasteiger partial charge in [0.1, 0.15) is 0 Å². The van der Waals surface area contributed by atoms with Crippen LogP contribution in [0.15, 0.2) is 0 Å². The number of nitrogens with one attached hydrogen (secondary N) is 1. The molecule has 19 heavy (non-hydrogen) atoms. The highest BCUT2D eigenvalue weighted by Crippen LogP contribution is 2.29. The molecule has 2 aliphatic heterocycles. The number of alkyl halides is 3. The van der Waals surface area contributed by atoms with Crippen LogP contribution >= 0.6 is 0 Å². The smallest absolute Gasteiger partial charge is 0.315 e. The molecule has 2 rings (SSSR count). The normalized spacial score (nSPS) is 33.8. The molecule has 0 radical (unpaired) electrons. The Morgan fingerprint density at radius 2 is 2.00 bits per heavy atom. The molecule has 1 N–H and O–H groups in total. The summed E-state index contributed by atoms with van der Waals surface area (Å²) in [5, 5.41) is 2.78. The Hall–Kier alpha value is -0.340. The molecule has 112 valence electrons. The maximum atomic E-state index is 12.8. The van der Waals surface area contributed by atoms with E-state index in [2.05, 4.69) is 5.32 Å². The average Bonchev–Trinajstić information content (AvgIpc) is 2.52. The minimum Gasteiger partial charge on any atom is -0.315 e. The second kappa shape index (κ2) is 5.57. The van der Waals surface area contributed by atoms with Crippen molar-refractivity contribution in [1.82, 2.24) is 10.2 Å². The number of rotatable bonds is 1. The summed E-state index contributed by atoms with van der Waals surface area (Å²) >= 11 is 0. The van der Waals surface area contributed by atoms with Crippen LogP contribution < -0.4 is 5.32 Å². The Labute approximate surface area is 111 Å². The average molecular weight is 300 g/mol. The molecule has 0 bridgehead atoms. The molecular formula is C11H19F3N2O2S. The molecule has 0 aromatic carbocycles. The van der Waals surface area contributed by atoms with Gasteiger partial charge in [0.2, 0.25) is 0 Å². The molecule has 0 aliphatic carbocycles. The van der Waals surface area contributed by atoms with Crippen molar-refractivity contribution in [2.24, 2.45) is 5.92 Å². The fraction of sp³-hybridized carbons (Fsp3) is 1.00. The Balaban J connectivity index is 2.06. The number of halogens is 3. The fourth-order valence-corrected chi connectivity index (χ4v) is 4.51. The minimum atomic E-state index is -4.23. The summed E-state index contributed by atoms with van der Waals surface area (Å²) < 4.78 is 61.7. The van der Waals surface area contributed by atoms with E-state index in [0.29, 0.717) is 25.9 Å². The van der Waals surface area contributed by atoms with E-state index in [9.17, 15) is 21.6 Å². The van der Waals surface area contributed by atoms with E-state index >= 15 is 0 Å². The van der Waals surface area contributed by atoms with Gasteiger partial charge in [0.15, 0.2) is 9.84 Å². The van der Waals surface area contributed by atoms with Crippen LogP contribution in [0.5, 0.6) is 0 Å². The predicted octanol–water partition coefficient (Wildman–Crippen LogP) is 0.647. The van der Waals surface area contributed by atoms with Crippen molar-refractivity contribution in [3.63, 3.8) is 0 Å². The predicted molar refractivity (Wildman–Crippen MR) is 65.7 cm³/mol. The highest BCUT2D eigenvalue weighted by atomic mass is 32.2. The largest absolute Gasteiger partial charge is 0.394 e. The van der Waals surface area contributed by atoms with E-state index in [1.54, 1.807) is 4.90 Å². The Kier molecular flexibility index (Phi) is 4.42. The first kappa shape index (κ1) is 15.1. The van der Waals surface area contributed by atoms with Gasteiger partial charge in [-0.1, -0.05) is 0 Å². The Bertz CT molecular complexity index is 411. The van der Waals surface area contributed by atoms with Crippen LogP contribution in [0.1, 0.15) is 12.8 Å². The number of nitrogens with zero attached hydrogens (tertiary/aromatic N) is 1. The van der Waals surface area contributed by atoms with E-state index in [0.717, 1.165) is 0 Å². The zero-order valence-electron chi connectivity index (χ0n) is 10.6. The van der Waals surface area contributed by atoms with Gasteiger partial charge in [0.25, 0.3) is 0 Å². The van der Waals surface area contributed by atoms with Gasteiger partial charge in [0, 0.05) is 32.2 Å². The van der Waals surface area contributed by atoms with Crippen molar-refractivity contribution in [3.8, 4) is 0 Å². The van der Waals surface area contributed by atoms with Gasteiger partial charge >= 0.3 is 6.18 Å². The van der Waals surface area contributed by atoms with E-state index in [4.69, 9.17) is 0 Å². The van der Waals surface area contributed by atoms with Crippen LogP contribution in [0.25, 0.3) is 0 Å². The fourth-order valence-electron chi connectivity index (χ4n) is 2.78. The van der Waals surface area contributed by atoms with Crippen molar-refractivity contribution >= 4 is 9.84 Å². The van der Waals surface area contributed by atoms with Crippen LogP contribution in [-0.2, 0) is 9.84 Å². The molecule has 8 heteroatoms. The zero-order chi connectivity index (χ0) is 14.1. The lowest BCUT2D eigenvalue weighted by molar-refractivity contribution is -0.176. The van der Waals surface area contributed by atoms with Gasteiger partial charge in [-0.05, 0) is 12.8 Å². The molecule has 2 heterocycles. The maximum absolute atomic E-state index is 12.8. The lowest BCUT2D eigenvalue weighted by Crippen LogP contribution is -2.47. The lowest BCUT2D eigenvalue weighted by atomic mass is 10.1. The quantitative estimate of drug-likeness (QED) is 0.772. The zero-order valence-corrected chi connectivity index (χ0v) is 11.4. The molecule has 2 aliphatic rings. The van der Waals surface area contributed by atoms with Gasteiger partial charge in [0.05, 0.1) is 17.4 Å². The van der Waals surface area contributed by atoms with Crippen LogP contribution in [0, 0.1) is 5.92 Å². The summed E-state index contributed by atoms with van der Waals surface area (Å²) in [5.74, 6) is -1.25. The molecular weight excluding hydrogens is 281 g/mol. The summed E-state index contributed by atoms with van der Waals surface area (Å²) in [7, 11) is -3.09. The molecule has 0 spiro atoms. The van der Waals surface area contributed by atoms with Crippen molar-refractivity contribution in [1.29, 1.82) is 0 Å². The van der Waals surface area contributed by atoms with Crippen LogP contribution in [0.2, 0.25) is 0 Å². The first-order valence-corrected chi connectivity index (χ1v) is 8.32. The first-order chi connectivity index (χ1) is 8.78. The van der Waals surface area contributed by atoms with Gasteiger partial charge in [-0.15, -0.1) is 0 Å². The number of sulfone groups is 1. The summed E-state index contributed by atoms with van der Waals surface area (Å²) in [5.41, 5.74) is 0. The Morgan fingerprint density at radius 1 is 1.26 bits per heavy atom. The van der Waals surface area contributed by atoms with Gasteiger partial charge in [-0.2, -0.15) is 13.2 Å².